The van der Waals surface area contributed by atoms with E-state index < -0.39 is 5.79 Å². The SMILES string of the molecule is CCc1c(C#N)c(SCC2=CC=C3NC(=O)C(OC)(OC)C3C2)nc(N2CCCN(C)CC2)c1C#N. The summed E-state index contributed by atoms with van der Waals surface area (Å²) in [6.45, 7) is 5.48. The van der Waals surface area contributed by atoms with E-state index in [-0.39, 0.29) is 11.8 Å². The van der Waals surface area contributed by atoms with Crippen LogP contribution in [0.25, 0.3) is 0 Å². The lowest BCUT2D eigenvalue weighted by Crippen LogP contribution is -2.46. The van der Waals surface area contributed by atoms with Gasteiger partial charge in [0.1, 0.15) is 23.0 Å². The topological polar surface area (TPSA) is 115 Å². The van der Waals surface area contributed by atoms with Gasteiger partial charge in [-0.1, -0.05) is 18.6 Å². The number of anilines is 1. The number of allylic oxidation sites excluding steroid dienone is 2. The molecule has 1 aromatic rings. The van der Waals surface area contributed by atoms with Crippen LogP contribution in [0.1, 0.15) is 36.5 Å². The number of likely N-dealkylation sites (N-methyl/N-ethyl adjacent to an activating group) is 1. The van der Waals surface area contributed by atoms with Crippen LogP contribution in [0.3, 0.4) is 0 Å². The van der Waals surface area contributed by atoms with Gasteiger partial charge in [0, 0.05) is 45.3 Å². The monoisotopic (exact) mass is 508 g/mol. The van der Waals surface area contributed by atoms with E-state index in [9.17, 15) is 15.3 Å². The maximum Gasteiger partial charge on any atom is 0.285 e. The fraction of sp³-hybridized carbons (Fsp3) is 0.538. The van der Waals surface area contributed by atoms with Crippen molar-refractivity contribution in [2.24, 2.45) is 5.92 Å². The molecule has 1 aromatic heterocycles. The van der Waals surface area contributed by atoms with Crippen molar-refractivity contribution in [2.45, 2.75) is 37.0 Å². The Labute approximate surface area is 216 Å². The summed E-state index contributed by atoms with van der Waals surface area (Å²) in [5.74, 6) is -0.637. The quantitative estimate of drug-likeness (QED) is 0.438. The predicted octanol–water partition coefficient (Wildman–Crippen LogP) is 2.57. The zero-order valence-electron chi connectivity index (χ0n) is 21.3. The Morgan fingerprint density at radius 2 is 1.92 bits per heavy atom. The van der Waals surface area contributed by atoms with Gasteiger partial charge in [-0.3, -0.25) is 4.79 Å². The van der Waals surface area contributed by atoms with Gasteiger partial charge in [0.2, 0.25) is 0 Å². The number of thioether (sulfide) groups is 1. The van der Waals surface area contributed by atoms with Crippen LogP contribution in [-0.2, 0) is 20.7 Å². The Morgan fingerprint density at radius 3 is 2.58 bits per heavy atom. The second-order valence-corrected chi connectivity index (χ2v) is 10.2. The van der Waals surface area contributed by atoms with Crippen LogP contribution in [0, 0.1) is 28.6 Å². The van der Waals surface area contributed by atoms with Crippen molar-refractivity contribution in [1.29, 1.82) is 10.5 Å². The third-order valence-corrected chi connectivity index (χ3v) is 8.30. The molecular weight excluding hydrogens is 476 g/mol. The molecule has 9 nitrogen and oxygen atoms in total. The molecule has 1 atom stereocenters. The van der Waals surface area contributed by atoms with Gasteiger partial charge in [-0.05, 0) is 44.5 Å². The zero-order valence-corrected chi connectivity index (χ0v) is 22.1. The summed E-state index contributed by atoms with van der Waals surface area (Å²) in [5, 5.41) is 23.5. The first kappa shape index (κ1) is 26.2. The molecule has 3 aliphatic rings. The number of ether oxygens (including phenoxy) is 2. The number of pyridine rings is 1. The number of aromatic nitrogens is 1. The molecule has 0 radical (unpaired) electrons. The summed E-state index contributed by atoms with van der Waals surface area (Å²) in [4.78, 5) is 21.9. The number of hydrogen-bond donors (Lipinski definition) is 1. The average Bonchev–Trinajstić information content (AvgIpc) is 3.01. The highest BCUT2D eigenvalue weighted by molar-refractivity contribution is 7.99. The van der Waals surface area contributed by atoms with Crippen molar-refractivity contribution in [1.82, 2.24) is 15.2 Å². The van der Waals surface area contributed by atoms with Crippen molar-refractivity contribution in [2.75, 3.05) is 58.1 Å². The number of rotatable bonds is 7. The molecule has 1 unspecified atom stereocenters. The lowest BCUT2D eigenvalue weighted by molar-refractivity contribution is -0.217. The van der Waals surface area contributed by atoms with Gasteiger partial charge in [-0.15, -0.1) is 11.8 Å². The molecule has 2 fully saturated rings. The lowest BCUT2D eigenvalue weighted by atomic mass is 9.88. The van der Waals surface area contributed by atoms with Gasteiger partial charge < -0.3 is 24.6 Å². The largest absolute Gasteiger partial charge is 0.354 e. The predicted molar refractivity (Wildman–Crippen MR) is 137 cm³/mol. The molecule has 0 aromatic carbocycles. The smallest absolute Gasteiger partial charge is 0.285 e. The zero-order chi connectivity index (χ0) is 25.9. The van der Waals surface area contributed by atoms with E-state index in [4.69, 9.17) is 14.5 Å². The fourth-order valence-electron chi connectivity index (χ4n) is 5.20. The van der Waals surface area contributed by atoms with Crippen LogP contribution < -0.4 is 10.2 Å². The number of methoxy groups -OCH3 is 2. The molecule has 0 bridgehead atoms. The minimum Gasteiger partial charge on any atom is -0.354 e. The molecule has 0 spiro atoms. The van der Waals surface area contributed by atoms with E-state index in [1.54, 1.807) is 0 Å². The summed E-state index contributed by atoms with van der Waals surface area (Å²) < 4.78 is 11.1. The molecule has 10 heteroatoms. The van der Waals surface area contributed by atoms with Gasteiger partial charge >= 0.3 is 0 Å². The first-order valence-electron chi connectivity index (χ1n) is 12.2. The third kappa shape index (κ3) is 4.62. The van der Waals surface area contributed by atoms with Gasteiger partial charge in [-0.25, -0.2) is 4.98 Å². The minimum atomic E-state index is -1.34. The van der Waals surface area contributed by atoms with Crippen LogP contribution in [0.4, 0.5) is 5.82 Å². The Balaban J connectivity index is 1.62. The van der Waals surface area contributed by atoms with Crippen molar-refractivity contribution in [3.63, 3.8) is 0 Å². The molecule has 4 rings (SSSR count). The number of hydrogen-bond acceptors (Lipinski definition) is 9. The maximum atomic E-state index is 12.5. The second-order valence-electron chi connectivity index (χ2n) is 9.21. The molecular formula is C26H32N6O3S. The number of fused-ring (bicyclic) bond motifs is 1. The Hall–Kier alpha value is -2.89. The number of nitrogens with zero attached hydrogens (tertiary/aromatic N) is 5. The first-order chi connectivity index (χ1) is 17.4. The van der Waals surface area contributed by atoms with Crippen LogP contribution in [0.2, 0.25) is 0 Å². The van der Waals surface area contributed by atoms with Gasteiger partial charge in [0.15, 0.2) is 0 Å². The summed E-state index contributed by atoms with van der Waals surface area (Å²) in [6, 6.07) is 4.65. The van der Waals surface area contributed by atoms with Crippen molar-refractivity contribution >= 4 is 23.5 Å². The number of amides is 1. The highest BCUT2D eigenvalue weighted by Gasteiger charge is 2.55. The summed E-state index contributed by atoms with van der Waals surface area (Å²) in [5.41, 5.74) is 3.62. The highest BCUT2D eigenvalue weighted by atomic mass is 32.2. The van der Waals surface area contributed by atoms with E-state index in [1.807, 2.05) is 19.1 Å². The molecule has 2 aliphatic heterocycles. The molecule has 3 heterocycles. The van der Waals surface area contributed by atoms with E-state index in [1.165, 1.54) is 26.0 Å². The molecule has 36 heavy (non-hydrogen) atoms. The van der Waals surface area contributed by atoms with E-state index >= 15 is 0 Å². The van der Waals surface area contributed by atoms with Crippen molar-refractivity contribution in [3.8, 4) is 12.1 Å². The molecule has 190 valence electrons. The Bertz CT molecular complexity index is 1180. The van der Waals surface area contributed by atoms with Gasteiger partial charge in [0.25, 0.3) is 11.7 Å². The third-order valence-electron chi connectivity index (χ3n) is 7.22. The highest BCUT2D eigenvalue weighted by Crippen LogP contribution is 2.42. The summed E-state index contributed by atoms with van der Waals surface area (Å²) >= 11 is 1.50. The van der Waals surface area contributed by atoms with Gasteiger partial charge in [0.05, 0.1) is 17.0 Å². The van der Waals surface area contributed by atoms with Crippen LogP contribution in [0.5, 0.6) is 0 Å². The second kappa shape index (κ2) is 11.0. The van der Waals surface area contributed by atoms with Gasteiger partial charge in [-0.2, -0.15) is 10.5 Å². The van der Waals surface area contributed by atoms with E-state index in [0.717, 1.165) is 49.4 Å². The minimum absolute atomic E-state index is 0.263. The van der Waals surface area contributed by atoms with Crippen molar-refractivity contribution in [3.05, 3.63) is 40.1 Å². The molecule has 1 amide bonds. The normalized spacial score (nSPS) is 21.6. The Kier molecular flexibility index (Phi) is 8.01. The molecule has 1 N–H and O–H groups in total. The Morgan fingerprint density at radius 1 is 1.17 bits per heavy atom. The molecule has 0 saturated carbocycles. The number of carbonyl (C=O) groups excluding carboxylic acids is 1. The van der Waals surface area contributed by atoms with Crippen LogP contribution in [-0.4, -0.2) is 74.8 Å². The lowest BCUT2D eigenvalue weighted by Gasteiger charge is -2.31. The molecule has 1 aliphatic carbocycles. The van der Waals surface area contributed by atoms with Crippen molar-refractivity contribution < 1.29 is 14.3 Å². The first-order valence-corrected chi connectivity index (χ1v) is 13.2. The number of nitriles is 2. The summed E-state index contributed by atoms with van der Waals surface area (Å²) in [6.07, 6.45) is 6.06. The summed E-state index contributed by atoms with van der Waals surface area (Å²) in [7, 11) is 5.06. The maximum absolute atomic E-state index is 12.5. The standard InChI is InChI=1S/C26H32N6O3S/c1-5-18-19(14-27)23(32-10-6-9-31(2)11-12-32)30-24(20(18)15-28)36-16-17-7-8-22-21(13-17)26(34-3,35-4)25(33)29-22/h7-8,21H,5-6,9-13,16H2,1-4H3,(H,29,33). The van der Waals surface area contributed by atoms with Crippen LogP contribution in [0.15, 0.2) is 28.4 Å². The number of carbonyl (C=O) groups is 1. The van der Waals surface area contributed by atoms with Crippen LogP contribution >= 0.6 is 11.8 Å². The van der Waals surface area contributed by atoms with E-state index in [0.29, 0.717) is 40.6 Å². The molecule has 2 saturated heterocycles. The average molecular weight is 509 g/mol. The fourth-order valence-corrected chi connectivity index (χ4v) is 6.20. The van der Waals surface area contributed by atoms with E-state index in [2.05, 4.69) is 34.3 Å². The number of nitrogens with one attached hydrogen (secondary N) is 1.